The Bertz CT molecular complexity index is 171. The highest BCUT2D eigenvalue weighted by Gasteiger charge is 2.09. The molecule has 1 amide bonds. The highest BCUT2D eigenvalue weighted by atomic mass is 16.2. The van der Waals surface area contributed by atoms with Gasteiger partial charge in [0.25, 0.3) is 0 Å². The van der Waals surface area contributed by atoms with Crippen molar-refractivity contribution >= 4 is 11.7 Å². The minimum absolute atomic E-state index is 0. The minimum atomic E-state index is -0.00541. The smallest absolute Gasteiger partial charge is 0.222 e. The molecule has 13 heavy (non-hydrogen) atoms. The van der Waals surface area contributed by atoms with E-state index < -0.39 is 0 Å². The fourth-order valence-corrected chi connectivity index (χ4v) is 0.802. The van der Waals surface area contributed by atoms with Crippen molar-refractivity contribution in [2.24, 2.45) is 11.8 Å². The van der Waals surface area contributed by atoms with Gasteiger partial charge in [0.2, 0.25) is 5.91 Å². The van der Waals surface area contributed by atoms with E-state index in [1.807, 2.05) is 27.7 Å². The number of carbonyl (C=O) groups is 2. The molecule has 0 aromatic heterocycles. The van der Waals surface area contributed by atoms with Gasteiger partial charge in [-0.2, -0.15) is 0 Å². The molecule has 0 aliphatic rings. The molecule has 3 nitrogen and oxygen atoms in total. The lowest BCUT2D eigenvalue weighted by atomic mass is 10.1. The van der Waals surface area contributed by atoms with Gasteiger partial charge in [0.1, 0.15) is 5.78 Å². The van der Waals surface area contributed by atoms with Crippen LogP contribution in [0.25, 0.3) is 0 Å². The summed E-state index contributed by atoms with van der Waals surface area (Å²) in [4.78, 5) is 22.2. The fraction of sp³-hybridized carbons (Fsp3) is 0.800. The van der Waals surface area contributed by atoms with Crippen LogP contribution >= 0.6 is 0 Å². The maximum atomic E-state index is 11.1. The van der Waals surface area contributed by atoms with Crippen LogP contribution in [0.3, 0.4) is 0 Å². The van der Waals surface area contributed by atoms with Gasteiger partial charge >= 0.3 is 0 Å². The van der Waals surface area contributed by atoms with Crippen LogP contribution in [0.5, 0.6) is 0 Å². The number of hydrogen-bond donors (Lipinski definition) is 1. The van der Waals surface area contributed by atoms with Gasteiger partial charge in [-0.1, -0.05) is 27.7 Å². The number of amides is 1. The average molecular weight is 187 g/mol. The summed E-state index contributed by atoms with van der Waals surface area (Å²) in [7, 11) is 0. The summed E-state index contributed by atoms with van der Waals surface area (Å²) in [5, 5.41) is 2.71. The molecule has 0 bridgehead atoms. The van der Waals surface area contributed by atoms with E-state index in [0.717, 1.165) is 0 Å². The SMILES string of the molecule is CC(C)C(=O)CCNC(=O)C(C)C.[HH]. The molecule has 0 saturated heterocycles. The molecule has 0 aliphatic heterocycles. The van der Waals surface area contributed by atoms with Crippen LogP contribution in [0.1, 0.15) is 35.5 Å². The second-order valence-electron chi connectivity index (χ2n) is 3.82. The number of hydrogen-bond acceptors (Lipinski definition) is 2. The molecule has 0 fully saturated rings. The van der Waals surface area contributed by atoms with Crippen molar-refractivity contribution in [2.75, 3.05) is 6.54 Å². The zero-order chi connectivity index (χ0) is 10.4. The van der Waals surface area contributed by atoms with Crippen molar-refractivity contribution in [3.05, 3.63) is 0 Å². The van der Waals surface area contributed by atoms with Crippen LogP contribution in [-0.4, -0.2) is 18.2 Å². The lowest BCUT2D eigenvalue weighted by Gasteiger charge is -2.07. The van der Waals surface area contributed by atoms with Crippen LogP contribution < -0.4 is 5.32 Å². The lowest BCUT2D eigenvalue weighted by Crippen LogP contribution is -2.30. The van der Waals surface area contributed by atoms with Gasteiger partial charge in [-0.3, -0.25) is 9.59 Å². The summed E-state index contributed by atoms with van der Waals surface area (Å²) in [5.74, 6) is 0.269. The Hall–Kier alpha value is -0.860. The van der Waals surface area contributed by atoms with Gasteiger partial charge < -0.3 is 5.32 Å². The van der Waals surface area contributed by atoms with E-state index in [-0.39, 0.29) is 25.0 Å². The Labute approximate surface area is 81.4 Å². The Kier molecular flexibility index (Phi) is 5.35. The van der Waals surface area contributed by atoms with Crippen LogP contribution in [0.15, 0.2) is 0 Å². The summed E-state index contributed by atoms with van der Waals surface area (Å²) in [6, 6.07) is 0. The standard InChI is InChI=1S/C10H19NO2.H2/c1-7(2)9(12)5-6-11-10(13)8(3)4;/h7-8H,5-6H2,1-4H3,(H,11,13);1H. The van der Waals surface area contributed by atoms with Gasteiger partial charge in [0, 0.05) is 26.2 Å². The molecule has 0 atom stereocenters. The van der Waals surface area contributed by atoms with E-state index in [1.54, 1.807) is 0 Å². The highest BCUT2D eigenvalue weighted by Crippen LogP contribution is 1.97. The molecule has 0 heterocycles. The van der Waals surface area contributed by atoms with Crippen LogP contribution in [0.4, 0.5) is 0 Å². The fourth-order valence-electron chi connectivity index (χ4n) is 0.802. The molecule has 0 aromatic carbocycles. The van der Waals surface area contributed by atoms with Gasteiger partial charge in [-0.05, 0) is 0 Å². The number of nitrogens with one attached hydrogen (secondary N) is 1. The van der Waals surface area contributed by atoms with Crippen molar-refractivity contribution in [1.82, 2.24) is 5.32 Å². The quantitative estimate of drug-likeness (QED) is 0.711. The molecule has 0 rings (SSSR count). The second-order valence-corrected chi connectivity index (χ2v) is 3.82. The zero-order valence-electron chi connectivity index (χ0n) is 8.89. The van der Waals surface area contributed by atoms with Crippen molar-refractivity contribution in [3.63, 3.8) is 0 Å². The van der Waals surface area contributed by atoms with Gasteiger partial charge in [0.15, 0.2) is 0 Å². The number of ketones is 1. The summed E-state index contributed by atoms with van der Waals surface area (Å²) < 4.78 is 0. The molecule has 78 valence electrons. The maximum absolute atomic E-state index is 11.1. The average Bonchev–Trinajstić information content (AvgIpc) is 2.03. The molecule has 0 radical (unpaired) electrons. The summed E-state index contributed by atoms with van der Waals surface area (Å²) in [5.41, 5.74) is 0. The third-order valence-electron chi connectivity index (χ3n) is 1.84. The van der Waals surface area contributed by atoms with E-state index in [1.165, 1.54) is 0 Å². The van der Waals surface area contributed by atoms with E-state index in [0.29, 0.717) is 13.0 Å². The maximum Gasteiger partial charge on any atom is 0.222 e. The van der Waals surface area contributed by atoms with Crippen molar-refractivity contribution in [1.29, 1.82) is 0 Å². The highest BCUT2D eigenvalue weighted by molar-refractivity contribution is 5.82. The van der Waals surface area contributed by atoms with Gasteiger partial charge in [0.05, 0.1) is 0 Å². The van der Waals surface area contributed by atoms with E-state index in [9.17, 15) is 9.59 Å². The number of rotatable bonds is 5. The van der Waals surface area contributed by atoms with Gasteiger partial charge in [-0.25, -0.2) is 0 Å². The van der Waals surface area contributed by atoms with Crippen LogP contribution in [0.2, 0.25) is 0 Å². The van der Waals surface area contributed by atoms with Crippen molar-refractivity contribution < 1.29 is 11.0 Å². The molecular weight excluding hydrogens is 166 g/mol. The third-order valence-corrected chi connectivity index (χ3v) is 1.84. The van der Waals surface area contributed by atoms with E-state index in [4.69, 9.17) is 0 Å². The Morgan fingerprint density at radius 3 is 2.08 bits per heavy atom. The zero-order valence-corrected chi connectivity index (χ0v) is 8.89. The molecule has 0 unspecified atom stereocenters. The summed E-state index contributed by atoms with van der Waals surface area (Å²) in [6.07, 6.45) is 0.441. The molecule has 1 N–H and O–H groups in total. The summed E-state index contributed by atoms with van der Waals surface area (Å²) in [6.45, 7) is 7.87. The molecule has 0 spiro atoms. The molecule has 0 aromatic rings. The lowest BCUT2D eigenvalue weighted by molar-refractivity contribution is -0.124. The van der Waals surface area contributed by atoms with E-state index >= 15 is 0 Å². The first-order valence-corrected chi connectivity index (χ1v) is 4.75. The molecule has 0 aliphatic carbocycles. The molecule has 0 saturated carbocycles. The molecule has 3 heteroatoms. The first kappa shape index (κ1) is 12.1. The van der Waals surface area contributed by atoms with Crippen LogP contribution in [-0.2, 0) is 9.59 Å². The van der Waals surface area contributed by atoms with Crippen LogP contribution in [0, 0.1) is 11.8 Å². The normalized spacial score (nSPS) is 10.6. The summed E-state index contributed by atoms with van der Waals surface area (Å²) >= 11 is 0. The first-order valence-electron chi connectivity index (χ1n) is 4.75. The Morgan fingerprint density at radius 1 is 1.15 bits per heavy atom. The predicted octanol–water partition coefficient (Wildman–Crippen LogP) is 1.62. The monoisotopic (exact) mass is 187 g/mol. The second kappa shape index (κ2) is 5.73. The third kappa shape index (κ3) is 5.39. The van der Waals surface area contributed by atoms with Crippen molar-refractivity contribution in [2.45, 2.75) is 34.1 Å². The minimum Gasteiger partial charge on any atom is -0.355 e. The molecular formula is C10H21NO2. The number of Topliss-reactive ketones (excluding diaryl/α,β-unsaturated/α-hetero) is 1. The first-order chi connectivity index (χ1) is 5.95. The predicted molar refractivity (Wildman–Crippen MR) is 54.4 cm³/mol. The largest absolute Gasteiger partial charge is 0.355 e. The number of carbonyl (C=O) groups excluding carboxylic acids is 2. The van der Waals surface area contributed by atoms with Crippen molar-refractivity contribution in [3.8, 4) is 0 Å². The van der Waals surface area contributed by atoms with Gasteiger partial charge in [-0.15, -0.1) is 0 Å². The topological polar surface area (TPSA) is 46.2 Å². The Morgan fingerprint density at radius 2 is 1.69 bits per heavy atom. The van der Waals surface area contributed by atoms with E-state index in [2.05, 4.69) is 5.32 Å². The Balaban J connectivity index is 0.